The number of nitrogens with one attached hydrogen (secondary N) is 2. The van der Waals surface area contributed by atoms with E-state index in [2.05, 4.69) is 27.0 Å². The van der Waals surface area contributed by atoms with Gasteiger partial charge in [0.25, 0.3) is 0 Å². The van der Waals surface area contributed by atoms with Crippen LogP contribution in [0.1, 0.15) is 29.3 Å². The summed E-state index contributed by atoms with van der Waals surface area (Å²) in [5.74, 6) is 0.759. The van der Waals surface area contributed by atoms with Crippen molar-refractivity contribution in [2.75, 3.05) is 32.6 Å². The highest BCUT2D eigenvalue weighted by Crippen LogP contribution is 2.29. The Morgan fingerprint density at radius 1 is 1.31 bits per heavy atom. The Morgan fingerprint density at radius 3 is 2.85 bits per heavy atom. The lowest BCUT2D eigenvalue weighted by molar-refractivity contribution is 0.111. The molecule has 0 spiro atoms. The summed E-state index contributed by atoms with van der Waals surface area (Å²) in [4.78, 5) is 15.6. The van der Waals surface area contributed by atoms with Gasteiger partial charge >= 0.3 is 6.03 Å². The van der Waals surface area contributed by atoms with Crippen LogP contribution in [0.4, 0.5) is 10.5 Å². The first-order valence-corrected chi connectivity index (χ1v) is 9.91. The molecule has 1 aromatic carbocycles. The van der Waals surface area contributed by atoms with E-state index in [0.717, 1.165) is 23.8 Å². The topological polar surface area (TPSA) is 53.6 Å². The minimum absolute atomic E-state index is 0.169. The molecule has 2 aromatic rings. The standard InChI is InChI=1S/C20H27N3O2S/c1-23(2)18(19-7-4-10-26-19)12-21-20(24)22-17-6-3-5-16(11-17)14-25-13-15-8-9-15/h3-7,10-11,15,18H,8-9,12-14H2,1-2H3,(H2,21,22,24). The lowest BCUT2D eigenvalue weighted by Gasteiger charge is -2.23. The van der Waals surface area contributed by atoms with Crippen molar-refractivity contribution >= 4 is 23.1 Å². The van der Waals surface area contributed by atoms with Crippen LogP contribution < -0.4 is 10.6 Å². The third-order valence-electron chi connectivity index (χ3n) is 4.45. The van der Waals surface area contributed by atoms with Crippen molar-refractivity contribution in [3.05, 3.63) is 52.2 Å². The van der Waals surface area contributed by atoms with Crippen molar-refractivity contribution in [3.8, 4) is 0 Å². The second kappa shape index (κ2) is 9.16. The van der Waals surface area contributed by atoms with Crippen LogP contribution in [-0.2, 0) is 11.3 Å². The van der Waals surface area contributed by atoms with Gasteiger partial charge in [-0.1, -0.05) is 18.2 Å². The molecule has 1 heterocycles. The van der Waals surface area contributed by atoms with E-state index in [1.54, 1.807) is 11.3 Å². The second-order valence-electron chi connectivity index (χ2n) is 6.99. The Labute approximate surface area is 159 Å². The van der Waals surface area contributed by atoms with E-state index in [4.69, 9.17) is 4.74 Å². The van der Waals surface area contributed by atoms with Crippen LogP contribution in [0, 0.1) is 5.92 Å². The van der Waals surface area contributed by atoms with Gasteiger partial charge in [0.05, 0.1) is 12.6 Å². The van der Waals surface area contributed by atoms with Gasteiger partial charge in [-0.15, -0.1) is 11.3 Å². The zero-order chi connectivity index (χ0) is 18.4. The molecule has 1 atom stereocenters. The van der Waals surface area contributed by atoms with Crippen LogP contribution in [0.3, 0.4) is 0 Å². The number of anilines is 1. The Balaban J connectivity index is 1.47. The molecule has 0 radical (unpaired) electrons. The van der Waals surface area contributed by atoms with E-state index in [9.17, 15) is 4.79 Å². The number of amides is 2. The minimum atomic E-state index is -0.190. The minimum Gasteiger partial charge on any atom is -0.376 e. The monoisotopic (exact) mass is 373 g/mol. The van der Waals surface area contributed by atoms with E-state index in [0.29, 0.717) is 13.2 Å². The van der Waals surface area contributed by atoms with Gasteiger partial charge in [-0.3, -0.25) is 0 Å². The summed E-state index contributed by atoms with van der Waals surface area (Å²) in [7, 11) is 4.05. The highest BCUT2D eigenvalue weighted by molar-refractivity contribution is 7.10. The van der Waals surface area contributed by atoms with E-state index in [1.807, 2.05) is 44.4 Å². The molecule has 2 amide bonds. The van der Waals surface area contributed by atoms with Crippen LogP contribution >= 0.6 is 11.3 Å². The Kier molecular flexibility index (Phi) is 6.66. The highest BCUT2D eigenvalue weighted by atomic mass is 32.1. The van der Waals surface area contributed by atoms with E-state index >= 15 is 0 Å². The fraction of sp³-hybridized carbons (Fsp3) is 0.450. The molecule has 2 N–H and O–H groups in total. The molecule has 0 saturated heterocycles. The Bertz CT molecular complexity index is 699. The molecular formula is C20H27N3O2S. The molecule has 1 saturated carbocycles. The molecule has 0 aliphatic heterocycles. The van der Waals surface area contributed by atoms with Crippen LogP contribution in [0.25, 0.3) is 0 Å². The average molecular weight is 374 g/mol. The maximum absolute atomic E-state index is 12.3. The van der Waals surface area contributed by atoms with Crippen molar-refractivity contribution in [1.29, 1.82) is 0 Å². The summed E-state index contributed by atoms with van der Waals surface area (Å²) in [5.41, 5.74) is 1.86. The van der Waals surface area contributed by atoms with Gasteiger partial charge in [0.15, 0.2) is 0 Å². The van der Waals surface area contributed by atoms with Crippen LogP contribution in [0.2, 0.25) is 0 Å². The number of benzene rings is 1. The molecule has 1 unspecified atom stereocenters. The lowest BCUT2D eigenvalue weighted by atomic mass is 10.2. The largest absolute Gasteiger partial charge is 0.376 e. The number of carbonyl (C=O) groups excluding carboxylic acids is 1. The first-order valence-electron chi connectivity index (χ1n) is 9.03. The summed E-state index contributed by atoms with van der Waals surface area (Å²) in [6.07, 6.45) is 2.59. The smallest absolute Gasteiger partial charge is 0.319 e. The predicted molar refractivity (Wildman–Crippen MR) is 107 cm³/mol. The molecule has 1 fully saturated rings. The van der Waals surface area contributed by atoms with Gasteiger partial charge in [0.2, 0.25) is 0 Å². The van der Waals surface area contributed by atoms with E-state index < -0.39 is 0 Å². The zero-order valence-electron chi connectivity index (χ0n) is 15.4. The number of nitrogens with zero attached hydrogens (tertiary/aromatic N) is 1. The van der Waals surface area contributed by atoms with Gasteiger partial charge in [0, 0.05) is 23.7 Å². The molecule has 6 heteroatoms. The molecular weight excluding hydrogens is 346 g/mol. The summed E-state index contributed by atoms with van der Waals surface area (Å²) >= 11 is 1.70. The first kappa shape index (κ1) is 18.9. The van der Waals surface area contributed by atoms with Gasteiger partial charge in [-0.05, 0) is 62.0 Å². The average Bonchev–Trinajstić information content (AvgIpc) is 3.27. The second-order valence-corrected chi connectivity index (χ2v) is 7.97. The maximum Gasteiger partial charge on any atom is 0.319 e. The quantitative estimate of drug-likeness (QED) is 0.696. The van der Waals surface area contributed by atoms with Crippen molar-refractivity contribution < 1.29 is 9.53 Å². The third kappa shape index (κ3) is 5.83. The van der Waals surface area contributed by atoms with Crippen LogP contribution in [-0.4, -0.2) is 38.2 Å². The van der Waals surface area contributed by atoms with Crippen molar-refractivity contribution in [3.63, 3.8) is 0 Å². The molecule has 3 rings (SSSR count). The Morgan fingerprint density at radius 2 is 2.15 bits per heavy atom. The summed E-state index contributed by atoms with van der Waals surface area (Å²) in [6, 6.07) is 11.9. The van der Waals surface area contributed by atoms with E-state index in [1.165, 1.54) is 17.7 Å². The number of hydrogen-bond acceptors (Lipinski definition) is 4. The fourth-order valence-corrected chi connectivity index (χ4v) is 3.67. The number of ether oxygens (including phenoxy) is 1. The van der Waals surface area contributed by atoms with Gasteiger partial charge in [-0.2, -0.15) is 0 Å². The molecule has 0 bridgehead atoms. The van der Waals surface area contributed by atoms with E-state index in [-0.39, 0.29) is 12.1 Å². The first-order chi connectivity index (χ1) is 12.6. The van der Waals surface area contributed by atoms with Crippen molar-refractivity contribution in [2.24, 2.45) is 5.92 Å². The van der Waals surface area contributed by atoms with Crippen molar-refractivity contribution in [2.45, 2.75) is 25.5 Å². The molecule has 1 aliphatic carbocycles. The van der Waals surface area contributed by atoms with Crippen LogP contribution in [0.15, 0.2) is 41.8 Å². The fourth-order valence-electron chi connectivity index (χ4n) is 2.75. The molecule has 1 aromatic heterocycles. The SMILES string of the molecule is CN(C)C(CNC(=O)Nc1cccc(COCC2CC2)c1)c1cccs1. The number of rotatable bonds is 9. The summed E-state index contributed by atoms with van der Waals surface area (Å²) < 4.78 is 5.72. The summed E-state index contributed by atoms with van der Waals surface area (Å²) in [5, 5.41) is 7.94. The predicted octanol–water partition coefficient (Wildman–Crippen LogP) is 4.10. The number of likely N-dealkylation sites (N-methyl/N-ethyl adjacent to an activating group) is 1. The summed E-state index contributed by atoms with van der Waals surface area (Å²) in [6.45, 7) is 1.99. The zero-order valence-corrected chi connectivity index (χ0v) is 16.2. The van der Waals surface area contributed by atoms with Crippen molar-refractivity contribution in [1.82, 2.24) is 10.2 Å². The normalized spacial score (nSPS) is 15.0. The Hall–Kier alpha value is -1.89. The molecule has 5 nitrogen and oxygen atoms in total. The number of hydrogen-bond donors (Lipinski definition) is 2. The highest BCUT2D eigenvalue weighted by Gasteiger charge is 2.21. The molecule has 26 heavy (non-hydrogen) atoms. The van der Waals surface area contributed by atoms with Gasteiger partial charge in [0.1, 0.15) is 0 Å². The molecule has 140 valence electrons. The van der Waals surface area contributed by atoms with Crippen LogP contribution in [0.5, 0.6) is 0 Å². The molecule has 1 aliphatic rings. The number of carbonyl (C=O) groups is 1. The number of thiophene rings is 1. The van der Waals surface area contributed by atoms with Gasteiger partial charge in [-0.25, -0.2) is 4.79 Å². The third-order valence-corrected chi connectivity index (χ3v) is 5.43. The number of urea groups is 1. The van der Waals surface area contributed by atoms with Gasteiger partial charge < -0.3 is 20.3 Å². The lowest BCUT2D eigenvalue weighted by Crippen LogP contribution is -2.36. The maximum atomic E-state index is 12.3.